The largest absolute Gasteiger partial charge is 0.239 e. The first kappa shape index (κ1) is 7.54. The molecule has 0 atom stereocenters. The van der Waals surface area contributed by atoms with Gasteiger partial charge in [0.25, 0.3) is 0 Å². The van der Waals surface area contributed by atoms with Crippen molar-refractivity contribution < 1.29 is 0 Å². The molecular weight excluding hydrogens is 172 g/mol. The third-order valence-electron chi connectivity index (χ3n) is 1.55. The van der Waals surface area contributed by atoms with Gasteiger partial charge in [-0.2, -0.15) is 0 Å². The number of nitrogens with zero attached hydrogens (tertiary/aromatic N) is 4. The Balaban J connectivity index is 2.60. The maximum atomic E-state index is 4.26. The topological polar surface area (TPSA) is 51.6 Å². The van der Waals surface area contributed by atoms with E-state index >= 15 is 0 Å². The molecule has 5 heteroatoms. The van der Waals surface area contributed by atoms with Crippen LogP contribution in [0.4, 0.5) is 0 Å². The van der Waals surface area contributed by atoms with Gasteiger partial charge in [-0.3, -0.25) is 0 Å². The molecule has 0 amide bonds. The number of fused-ring (bicyclic) bond motifs is 1. The zero-order valence-electron chi connectivity index (χ0n) is 6.85. The number of aromatic nitrogens is 4. The molecule has 2 aromatic heterocycles. The van der Waals surface area contributed by atoms with Crippen LogP contribution in [0.5, 0.6) is 0 Å². The first-order chi connectivity index (χ1) is 5.77. The maximum Gasteiger partial charge on any atom is 0.197 e. The Labute approximate surface area is 73.8 Å². The van der Waals surface area contributed by atoms with Gasteiger partial charge in [0.1, 0.15) is 10.5 Å². The normalized spacial score (nSPS) is 11.2. The smallest absolute Gasteiger partial charge is 0.197 e. The molecule has 0 unspecified atom stereocenters. The molecule has 4 nitrogen and oxygen atoms in total. The molecule has 0 bridgehead atoms. The zero-order valence-corrected chi connectivity index (χ0v) is 7.67. The van der Waals surface area contributed by atoms with Crippen molar-refractivity contribution >= 4 is 21.9 Å². The second kappa shape index (κ2) is 2.75. The van der Waals surface area contributed by atoms with Crippen LogP contribution in [0, 0.1) is 0 Å². The predicted octanol–water partition coefficient (Wildman–Crippen LogP) is 1.60. The molecule has 2 rings (SSSR count). The molecule has 0 spiro atoms. The lowest BCUT2D eigenvalue weighted by atomic mass is 10.2. The molecule has 62 valence electrons. The fourth-order valence-corrected chi connectivity index (χ4v) is 1.37. The van der Waals surface area contributed by atoms with E-state index in [2.05, 4.69) is 33.4 Å². The highest BCUT2D eigenvalue weighted by Crippen LogP contribution is 2.14. The van der Waals surface area contributed by atoms with Crippen LogP contribution in [0.1, 0.15) is 25.6 Å². The van der Waals surface area contributed by atoms with Crippen molar-refractivity contribution in [3.05, 3.63) is 12.0 Å². The Morgan fingerprint density at radius 1 is 1.42 bits per heavy atom. The number of hydrogen-bond acceptors (Lipinski definition) is 5. The standard InChI is InChI=1S/C7H8N4S/c1-4(2)6-8-3-5-7(9-6)10-11-12-5/h3-4H,1-2H3. The summed E-state index contributed by atoms with van der Waals surface area (Å²) in [5.41, 5.74) is 0.707. The molecule has 2 aromatic rings. The molecule has 0 N–H and O–H groups in total. The fraction of sp³-hybridized carbons (Fsp3) is 0.429. The third kappa shape index (κ3) is 1.16. The van der Waals surface area contributed by atoms with Crippen LogP contribution in [0.3, 0.4) is 0 Å². The lowest BCUT2D eigenvalue weighted by molar-refractivity contribution is 0.780. The van der Waals surface area contributed by atoms with Crippen LogP contribution in [0.15, 0.2) is 6.20 Å². The van der Waals surface area contributed by atoms with Crippen LogP contribution in [-0.4, -0.2) is 19.6 Å². The second-order valence-corrected chi connectivity index (χ2v) is 3.63. The summed E-state index contributed by atoms with van der Waals surface area (Å²) >= 11 is 1.32. The van der Waals surface area contributed by atoms with E-state index in [0.29, 0.717) is 11.6 Å². The molecule has 12 heavy (non-hydrogen) atoms. The van der Waals surface area contributed by atoms with E-state index in [1.54, 1.807) is 6.20 Å². The van der Waals surface area contributed by atoms with Crippen LogP contribution in [0.25, 0.3) is 10.3 Å². The van der Waals surface area contributed by atoms with Gasteiger partial charge in [-0.05, 0) is 11.5 Å². The van der Waals surface area contributed by atoms with Gasteiger partial charge >= 0.3 is 0 Å². The Bertz CT molecular complexity index is 395. The van der Waals surface area contributed by atoms with E-state index in [1.807, 2.05) is 0 Å². The minimum atomic E-state index is 0.344. The lowest BCUT2D eigenvalue weighted by Crippen LogP contribution is -1.96. The van der Waals surface area contributed by atoms with Gasteiger partial charge in [-0.15, -0.1) is 5.10 Å². The number of hydrogen-bond donors (Lipinski definition) is 0. The summed E-state index contributed by atoms with van der Waals surface area (Å²) in [6.45, 7) is 4.11. The van der Waals surface area contributed by atoms with Crippen molar-refractivity contribution in [1.82, 2.24) is 19.6 Å². The van der Waals surface area contributed by atoms with E-state index in [0.717, 1.165) is 10.5 Å². The molecule has 0 aliphatic carbocycles. The Morgan fingerprint density at radius 2 is 2.25 bits per heavy atom. The lowest BCUT2D eigenvalue weighted by Gasteiger charge is -1.99. The van der Waals surface area contributed by atoms with Gasteiger partial charge in [0, 0.05) is 5.92 Å². The summed E-state index contributed by atoms with van der Waals surface area (Å²) in [5, 5.41) is 3.88. The van der Waals surface area contributed by atoms with Crippen molar-refractivity contribution in [3.63, 3.8) is 0 Å². The molecule has 0 saturated carbocycles. The van der Waals surface area contributed by atoms with Crippen molar-refractivity contribution in [3.8, 4) is 0 Å². The summed E-state index contributed by atoms with van der Waals surface area (Å²) in [7, 11) is 0. The number of rotatable bonds is 1. The van der Waals surface area contributed by atoms with Crippen molar-refractivity contribution in [2.45, 2.75) is 19.8 Å². The van der Waals surface area contributed by atoms with Crippen LogP contribution >= 0.6 is 11.5 Å². The first-order valence-electron chi connectivity index (χ1n) is 3.72. The zero-order chi connectivity index (χ0) is 8.55. The van der Waals surface area contributed by atoms with Crippen LogP contribution in [-0.2, 0) is 0 Å². The monoisotopic (exact) mass is 180 g/mol. The van der Waals surface area contributed by atoms with E-state index in [9.17, 15) is 0 Å². The summed E-state index contributed by atoms with van der Waals surface area (Å²) in [6.07, 6.45) is 1.78. The minimum Gasteiger partial charge on any atom is -0.239 e. The Morgan fingerprint density at radius 3 is 3.00 bits per heavy atom. The third-order valence-corrected chi connectivity index (χ3v) is 2.19. The predicted molar refractivity (Wildman–Crippen MR) is 47.1 cm³/mol. The van der Waals surface area contributed by atoms with Gasteiger partial charge in [-0.25, -0.2) is 9.97 Å². The summed E-state index contributed by atoms with van der Waals surface area (Å²) in [6, 6.07) is 0. The van der Waals surface area contributed by atoms with Crippen molar-refractivity contribution in [1.29, 1.82) is 0 Å². The van der Waals surface area contributed by atoms with Gasteiger partial charge in [-0.1, -0.05) is 18.3 Å². The highest BCUT2D eigenvalue weighted by Gasteiger charge is 2.05. The summed E-state index contributed by atoms with van der Waals surface area (Å²) in [5.74, 6) is 1.17. The van der Waals surface area contributed by atoms with Crippen molar-refractivity contribution in [2.75, 3.05) is 0 Å². The van der Waals surface area contributed by atoms with Crippen LogP contribution < -0.4 is 0 Å². The minimum absolute atomic E-state index is 0.344. The molecule has 0 aliphatic heterocycles. The first-order valence-corrected chi connectivity index (χ1v) is 4.49. The highest BCUT2D eigenvalue weighted by molar-refractivity contribution is 7.12. The van der Waals surface area contributed by atoms with E-state index < -0.39 is 0 Å². The Hall–Kier alpha value is -1.10. The van der Waals surface area contributed by atoms with Gasteiger partial charge in [0.05, 0.1) is 6.20 Å². The maximum absolute atomic E-state index is 4.26. The molecule has 2 heterocycles. The average Bonchev–Trinajstić information content (AvgIpc) is 2.49. The second-order valence-electron chi connectivity index (χ2n) is 2.84. The fourth-order valence-electron chi connectivity index (χ4n) is 0.892. The van der Waals surface area contributed by atoms with E-state index in [-0.39, 0.29) is 0 Å². The average molecular weight is 180 g/mol. The summed E-state index contributed by atoms with van der Waals surface area (Å²) < 4.78 is 4.73. The Kier molecular flexibility index (Phi) is 1.73. The molecule has 0 fully saturated rings. The van der Waals surface area contributed by atoms with Gasteiger partial charge in [0.15, 0.2) is 5.65 Å². The highest BCUT2D eigenvalue weighted by atomic mass is 32.1. The molecule has 0 aromatic carbocycles. The molecule has 0 saturated heterocycles. The summed E-state index contributed by atoms with van der Waals surface area (Å²) in [4.78, 5) is 8.46. The van der Waals surface area contributed by atoms with Crippen LogP contribution in [0.2, 0.25) is 0 Å². The molecule has 0 radical (unpaired) electrons. The molecule has 0 aliphatic rings. The van der Waals surface area contributed by atoms with Gasteiger partial charge < -0.3 is 0 Å². The SMILES string of the molecule is CC(C)c1ncc2snnc2n1. The quantitative estimate of drug-likeness (QED) is 0.669. The van der Waals surface area contributed by atoms with E-state index in [4.69, 9.17) is 0 Å². The molecular formula is C7H8N4S. The van der Waals surface area contributed by atoms with E-state index in [1.165, 1.54) is 11.5 Å². The van der Waals surface area contributed by atoms with Crippen molar-refractivity contribution in [2.24, 2.45) is 0 Å². The van der Waals surface area contributed by atoms with Gasteiger partial charge in [0.2, 0.25) is 0 Å².